The van der Waals surface area contributed by atoms with Crippen LogP contribution in [-0.2, 0) is 16.0 Å². The third-order valence-corrected chi connectivity index (χ3v) is 4.02. The molecule has 0 N–H and O–H groups in total. The van der Waals surface area contributed by atoms with Gasteiger partial charge in [0, 0.05) is 5.92 Å². The molecule has 0 aromatic heterocycles. The highest BCUT2D eigenvalue weighted by molar-refractivity contribution is 5.78. The van der Waals surface area contributed by atoms with Crippen molar-refractivity contribution in [3.05, 3.63) is 35.9 Å². The largest absolute Gasteiger partial charge is 0.461 e. The molecular weight excluding hydrogens is 250 g/mol. The number of nitrogens with zero attached hydrogens (tertiary/aromatic N) is 1. The topological polar surface area (TPSA) is 50.1 Å². The number of carbonyl (C=O) groups excluding carboxylic acids is 1. The van der Waals surface area contributed by atoms with Crippen molar-refractivity contribution in [2.24, 2.45) is 11.8 Å². The number of esters is 1. The normalized spacial score (nSPS) is 25.2. The highest BCUT2D eigenvalue weighted by atomic mass is 16.6. The molecule has 3 heteroatoms. The monoisotopic (exact) mass is 271 g/mol. The van der Waals surface area contributed by atoms with Crippen LogP contribution in [-0.4, -0.2) is 12.1 Å². The Kier molecular flexibility index (Phi) is 5.17. The lowest BCUT2D eigenvalue weighted by molar-refractivity contribution is -0.143. The highest BCUT2D eigenvalue weighted by Gasteiger charge is 2.43. The van der Waals surface area contributed by atoms with E-state index >= 15 is 0 Å². The molecule has 3 nitrogen and oxygen atoms in total. The number of rotatable bonds is 6. The summed E-state index contributed by atoms with van der Waals surface area (Å²) in [6.45, 7) is 2.12. The van der Waals surface area contributed by atoms with Crippen LogP contribution in [0.3, 0.4) is 0 Å². The quantitative estimate of drug-likeness (QED) is 0.744. The molecule has 0 spiro atoms. The Labute approximate surface area is 120 Å². The van der Waals surface area contributed by atoms with E-state index in [2.05, 4.69) is 25.1 Å². The molecule has 1 heterocycles. The SMILES string of the molecule is CCCC[C@H]1[C@H](C#N)C(=O)O[C@@H]1CCc1ccccc1. The van der Waals surface area contributed by atoms with Gasteiger partial charge in [0.1, 0.15) is 12.0 Å². The number of ether oxygens (including phenoxy) is 1. The summed E-state index contributed by atoms with van der Waals surface area (Å²) >= 11 is 0. The van der Waals surface area contributed by atoms with E-state index in [4.69, 9.17) is 10.00 Å². The molecular formula is C17H21NO2. The van der Waals surface area contributed by atoms with Gasteiger partial charge in [0.05, 0.1) is 6.07 Å². The molecule has 0 radical (unpaired) electrons. The summed E-state index contributed by atoms with van der Waals surface area (Å²) in [7, 11) is 0. The van der Waals surface area contributed by atoms with Gasteiger partial charge in [0.25, 0.3) is 0 Å². The second-order valence-corrected chi connectivity index (χ2v) is 5.41. The van der Waals surface area contributed by atoms with Crippen LogP contribution in [0, 0.1) is 23.2 Å². The van der Waals surface area contributed by atoms with Gasteiger partial charge in [0.15, 0.2) is 0 Å². The fraction of sp³-hybridized carbons (Fsp3) is 0.529. The Hall–Kier alpha value is -1.82. The second kappa shape index (κ2) is 7.09. The first-order valence-electron chi connectivity index (χ1n) is 7.40. The van der Waals surface area contributed by atoms with Crippen molar-refractivity contribution in [1.82, 2.24) is 0 Å². The second-order valence-electron chi connectivity index (χ2n) is 5.41. The Morgan fingerprint density at radius 2 is 2.00 bits per heavy atom. The van der Waals surface area contributed by atoms with Crippen LogP contribution in [0.4, 0.5) is 0 Å². The van der Waals surface area contributed by atoms with Crippen LogP contribution in [0.25, 0.3) is 0 Å². The molecule has 20 heavy (non-hydrogen) atoms. The number of hydrogen-bond donors (Lipinski definition) is 0. The van der Waals surface area contributed by atoms with Gasteiger partial charge in [-0.15, -0.1) is 0 Å². The standard InChI is InChI=1S/C17H21NO2/c1-2-3-9-14-15(12-18)17(19)20-16(14)11-10-13-7-5-4-6-8-13/h4-8,14-16H,2-3,9-11H2,1H3/t14-,15-,16+/m0/s1. The van der Waals surface area contributed by atoms with E-state index in [0.717, 1.165) is 32.1 Å². The zero-order chi connectivity index (χ0) is 14.4. The molecule has 1 saturated heterocycles. The first-order valence-corrected chi connectivity index (χ1v) is 7.40. The average Bonchev–Trinajstić information content (AvgIpc) is 2.79. The summed E-state index contributed by atoms with van der Waals surface area (Å²) < 4.78 is 5.43. The van der Waals surface area contributed by atoms with Crippen molar-refractivity contribution in [2.45, 2.75) is 45.1 Å². The first kappa shape index (κ1) is 14.6. The van der Waals surface area contributed by atoms with E-state index < -0.39 is 5.92 Å². The van der Waals surface area contributed by atoms with Crippen molar-refractivity contribution in [3.63, 3.8) is 0 Å². The van der Waals surface area contributed by atoms with Gasteiger partial charge in [-0.2, -0.15) is 5.26 Å². The number of aryl methyl sites for hydroxylation is 1. The third-order valence-electron chi connectivity index (χ3n) is 4.02. The Morgan fingerprint density at radius 3 is 2.65 bits per heavy atom. The van der Waals surface area contributed by atoms with E-state index in [9.17, 15) is 4.79 Å². The molecule has 0 unspecified atom stereocenters. The predicted molar refractivity (Wildman–Crippen MR) is 76.8 cm³/mol. The molecule has 1 aliphatic rings. The van der Waals surface area contributed by atoms with Gasteiger partial charge in [-0.25, -0.2) is 0 Å². The summed E-state index contributed by atoms with van der Waals surface area (Å²) in [5.74, 6) is -0.829. The minimum absolute atomic E-state index is 0.0659. The van der Waals surface area contributed by atoms with E-state index in [1.54, 1.807) is 0 Å². The molecule has 0 amide bonds. The molecule has 106 valence electrons. The zero-order valence-corrected chi connectivity index (χ0v) is 11.9. The molecule has 1 aromatic carbocycles. The predicted octanol–water partition coefficient (Wildman–Crippen LogP) is 3.49. The maximum absolute atomic E-state index is 11.8. The fourth-order valence-corrected chi connectivity index (χ4v) is 2.87. The highest BCUT2D eigenvalue weighted by Crippen LogP contribution is 2.34. The summed E-state index contributed by atoms with van der Waals surface area (Å²) in [5, 5.41) is 9.16. The van der Waals surface area contributed by atoms with E-state index in [1.807, 2.05) is 18.2 Å². The average molecular weight is 271 g/mol. The molecule has 1 aliphatic heterocycles. The lowest BCUT2D eigenvalue weighted by Crippen LogP contribution is -2.21. The number of carbonyl (C=O) groups is 1. The van der Waals surface area contributed by atoms with Crippen LogP contribution >= 0.6 is 0 Å². The van der Waals surface area contributed by atoms with Crippen molar-refractivity contribution in [1.29, 1.82) is 5.26 Å². The van der Waals surface area contributed by atoms with Gasteiger partial charge < -0.3 is 4.74 Å². The number of benzene rings is 1. The van der Waals surface area contributed by atoms with Gasteiger partial charge in [-0.3, -0.25) is 4.79 Å². The smallest absolute Gasteiger partial charge is 0.324 e. The summed E-state index contributed by atoms with van der Waals surface area (Å²) in [5.41, 5.74) is 1.25. The number of hydrogen-bond acceptors (Lipinski definition) is 3. The van der Waals surface area contributed by atoms with Gasteiger partial charge >= 0.3 is 5.97 Å². The van der Waals surface area contributed by atoms with Gasteiger partial charge in [0.2, 0.25) is 0 Å². The van der Waals surface area contributed by atoms with Crippen LogP contribution in [0.2, 0.25) is 0 Å². The van der Waals surface area contributed by atoms with Crippen molar-refractivity contribution < 1.29 is 9.53 Å². The number of unbranched alkanes of at least 4 members (excludes halogenated alkanes) is 1. The fourth-order valence-electron chi connectivity index (χ4n) is 2.87. The molecule has 3 atom stereocenters. The summed E-state index contributed by atoms with van der Waals surface area (Å²) in [4.78, 5) is 11.8. The van der Waals surface area contributed by atoms with Crippen molar-refractivity contribution >= 4 is 5.97 Å². The minimum atomic E-state index is -0.567. The van der Waals surface area contributed by atoms with Crippen molar-refractivity contribution in [2.75, 3.05) is 0 Å². The number of cyclic esters (lactones) is 1. The van der Waals surface area contributed by atoms with Gasteiger partial charge in [-0.05, 0) is 24.8 Å². The first-order chi connectivity index (χ1) is 9.76. The maximum Gasteiger partial charge on any atom is 0.324 e. The lowest BCUT2D eigenvalue weighted by Gasteiger charge is -2.18. The maximum atomic E-state index is 11.8. The molecule has 1 fully saturated rings. The van der Waals surface area contributed by atoms with E-state index in [1.165, 1.54) is 5.56 Å². The summed E-state index contributed by atoms with van der Waals surface area (Å²) in [6.07, 6.45) is 4.62. The van der Waals surface area contributed by atoms with Crippen LogP contribution in [0.1, 0.15) is 38.2 Å². The molecule has 0 saturated carbocycles. The Bertz CT molecular complexity index is 478. The molecule has 0 aliphatic carbocycles. The van der Waals surface area contributed by atoms with E-state index in [-0.39, 0.29) is 18.0 Å². The lowest BCUT2D eigenvalue weighted by atomic mass is 9.85. The van der Waals surface area contributed by atoms with Crippen LogP contribution in [0.15, 0.2) is 30.3 Å². The van der Waals surface area contributed by atoms with Gasteiger partial charge in [-0.1, -0.05) is 50.1 Å². The number of nitriles is 1. The minimum Gasteiger partial charge on any atom is -0.461 e. The van der Waals surface area contributed by atoms with Crippen LogP contribution in [0.5, 0.6) is 0 Å². The molecule has 0 bridgehead atoms. The zero-order valence-electron chi connectivity index (χ0n) is 11.9. The van der Waals surface area contributed by atoms with Crippen LogP contribution < -0.4 is 0 Å². The third kappa shape index (κ3) is 3.39. The summed E-state index contributed by atoms with van der Waals surface area (Å²) in [6, 6.07) is 12.3. The Balaban J connectivity index is 1.98. The molecule has 1 aromatic rings. The Morgan fingerprint density at radius 1 is 1.25 bits per heavy atom. The van der Waals surface area contributed by atoms with E-state index in [0.29, 0.717) is 0 Å². The van der Waals surface area contributed by atoms with Crippen molar-refractivity contribution in [3.8, 4) is 6.07 Å². The molecule has 2 rings (SSSR count).